The van der Waals surface area contributed by atoms with Crippen molar-refractivity contribution in [2.45, 2.75) is 118 Å². The zero-order valence-electron chi connectivity index (χ0n) is 22.7. The maximum atomic E-state index is 11.7. The zero-order chi connectivity index (χ0) is 25.1. The average molecular weight is 475 g/mol. The minimum atomic E-state index is -1.13. The Kier molecular flexibility index (Phi) is 5.44. The van der Waals surface area contributed by atoms with Crippen molar-refractivity contribution in [2.75, 3.05) is 6.61 Å². The second-order valence-corrected chi connectivity index (χ2v) is 15.3. The first-order chi connectivity index (χ1) is 15.6. The summed E-state index contributed by atoms with van der Waals surface area (Å²) in [5, 5.41) is 44.7. The smallest absolute Gasteiger partial charge is 0.0913 e. The molecule has 0 aliphatic heterocycles. The van der Waals surface area contributed by atoms with E-state index in [0.717, 1.165) is 12.3 Å². The Morgan fingerprint density at radius 2 is 1.50 bits per heavy atom. The molecule has 0 aromatic rings. The quantitative estimate of drug-likeness (QED) is 0.399. The average Bonchev–Trinajstić information content (AvgIpc) is 2.72. The lowest BCUT2D eigenvalue weighted by atomic mass is 9.33. The maximum absolute atomic E-state index is 11.7. The van der Waals surface area contributed by atoms with Crippen LogP contribution in [0.4, 0.5) is 0 Å². The molecule has 5 aliphatic rings. The van der Waals surface area contributed by atoms with Crippen LogP contribution in [0.3, 0.4) is 0 Å². The van der Waals surface area contributed by atoms with Crippen molar-refractivity contribution >= 4 is 0 Å². The van der Waals surface area contributed by atoms with Crippen LogP contribution in [0, 0.1) is 50.2 Å². The Bertz CT molecular complexity index is 877. The van der Waals surface area contributed by atoms with Gasteiger partial charge in [-0.15, -0.1) is 0 Å². The molecule has 0 amide bonds. The van der Waals surface area contributed by atoms with Gasteiger partial charge in [-0.1, -0.05) is 66.5 Å². The molecule has 0 radical (unpaired) electrons. The van der Waals surface area contributed by atoms with Gasteiger partial charge in [-0.05, 0) is 89.8 Å². The fourth-order valence-corrected chi connectivity index (χ4v) is 11.0. The van der Waals surface area contributed by atoms with Crippen LogP contribution in [0.2, 0.25) is 0 Å². The Balaban J connectivity index is 1.64. The van der Waals surface area contributed by atoms with Gasteiger partial charge in [-0.25, -0.2) is 0 Å². The monoisotopic (exact) mass is 474 g/mol. The zero-order valence-corrected chi connectivity index (χ0v) is 22.7. The van der Waals surface area contributed by atoms with E-state index in [1.807, 2.05) is 13.8 Å². The number of hydrogen-bond acceptors (Lipinski definition) is 4. The highest BCUT2D eigenvalue weighted by atomic mass is 16.3. The molecule has 0 spiro atoms. The summed E-state index contributed by atoms with van der Waals surface area (Å²) in [6.45, 7) is 16.2. The fourth-order valence-electron chi connectivity index (χ4n) is 11.0. The predicted octanol–water partition coefficient (Wildman–Crippen LogP) is 5.08. The Labute approximate surface area is 207 Å². The van der Waals surface area contributed by atoms with Crippen LogP contribution in [-0.2, 0) is 0 Å². The second kappa shape index (κ2) is 7.33. The van der Waals surface area contributed by atoms with Crippen molar-refractivity contribution in [3.63, 3.8) is 0 Å². The molecule has 10 atom stereocenters. The summed E-state index contributed by atoms with van der Waals surface area (Å²) >= 11 is 0. The lowest BCUT2D eigenvalue weighted by molar-refractivity contribution is -0.254. The first-order valence-corrected chi connectivity index (χ1v) is 14.0. The van der Waals surface area contributed by atoms with Crippen molar-refractivity contribution in [3.05, 3.63) is 11.6 Å². The van der Waals surface area contributed by atoms with E-state index in [-0.39, 0.29) is 23.4 Å². The molecule has 4 nitrogen and oxygen atoms in total. The highest BCUT2D eigenvalue weighted by Crippen LogP contribution is 2.75. The number of hydrogen-bond donors (Lipinski definition) is 4. The number of allylic oxidation sites excluding steroid dienone is 2. The molecule has 4 heteroatoms. The summed E-state index contributed by atoms with van der Waals surface area (Å²) in [7, 11) is 0. The van der Waals surface area contributed by atoms with E-state index in [0.29, 0.717) is 29.6 Å². The predicted molar refractivity (Wildman–Crippen MR) is 135 cm³/mol. The van der Waals surface area contributed by atoms with Gasteiger partial charge in [0.15, 0.2) is 0 Å². The summed E-state index contributed by atoms with van der Waals surface area (Å²) in [5.74, 6) is 1.19. The van der Waals surface area contributed by atoms with E-state index < -0.39 is 29.1 Å². The summed E-state index contributed by atoms with van der Waals surface area (Å²) in [6, 6.07) is 0. The molecule has 5 rings (SSSR count). The molecule has 194 valence electrons. The molecule has 0 heterocycles. The molecule has 0 bridgehead atoms. The maximum Gasteiger partial charge on any atom is 0.0913 e. The number of fused-ring (bicyclic) bond motifs is 7. The molecule has 4 saturated carbocycles. The van der Waals surface area contributed by atoms with Crippen molar-refractivity contribution in [1.82, 2.24) is 0 Å². The van der Waals surface area contributed by atoms with Crippen LogP contribution in [0.25, 0.3) is 0 Å². The second-order valence-electron chi connectivity index (χ2n) is 15.3. The largest absolute Gasteiger partial charge is 0.396 e. The molecule has 0 saturated heterocycles. The third-order valence-corrected chi connectivity index (χ3v) is 13.2. The van der Waals surface area contributed by atoms with Gasteiger partial charge >= 0.3 is 0 Å². The van der Waals surface area contributed by atoms with Crippen LogP contribution in [0.5, 0.6) is 0 Å². The Morgan fingerprint density at radius 1 is 0.824 bits per heavy atom. The normalized spacial score (nSPS) is 55.8. The van der Waals surface area contributed by atoms with E-state index in [9.17, 15) is 20.4 Å². The summed E-state index contributed by atoms with van der Waals surface area (Å²) < 4.78 is 0. The SMILES string of the molecule is CC1(C)C[C@@H]2C3=CC[C@@H]4[C@@]5(C)CCCC(C)(C)C5CC[C@@]4(C)[C@]3(C)CC(O)[C@@]2(CO)C(O)C1O. The van der Waals surface area contributed by atoms with Gasteiger partial charge in [-0.2, -0.15) is 0 Å². The molecule has 4 N–H and O–H groups in total. The fraction of sp³-hybridized carbons (Fsp3) is 0.933. The van der Waals surface area contributed by atoms with Gasteiger partial charge in [0.25, 0.3) is 0 Å². The molecule has 34 heavy (non-hydrogen) atoms. The van der Waals surface area contributed by atoms with E-state index in [1.54, 1.807) is 0 Å². The first-order valence-electron chi connectivity index (χ1n) is 14.0. The molecule has 0 aromatic carbocycles. The highest BCUT2D eigenvalue weighted by molar-refractivity contribution is 5.36. The molecule has 4 unspecified atom stereocenters. The van der Waals surface area contributed by atoms with Crippen LogP contribution in [-0.4, -0.2) is 45.3 Å². The molecular weight excluding hydrogens is 424 g/mol. The van der Waals surface area contributed by atoms with Crippen molar-refractivity contribution < 1.29 is 20.4 Å². The third-order valence-electron chi connectivity index (χ3n) is 13.2. The van der Waals surface area contributed by atoms with Crippen molar-refractivity contribution in [2.24, 2.45) is 50.2 Å². The molecule has 4 fully saturated rings. The summed E-state index contributed by atoms with van der Waals surface area (Å²) in [6.07, 6.45) is 8.18. The minimum Gasteiger partial charge on any atom is -0.396 e. The lowest BCUT2D eigenvalue weighted by Crippen LogP contribution is -2.71. The Morgan fingerprint density at radius 3 is 2.15 bits per heavy atom. The Hall–Kier alpha value is -0.420. The number of rotatable bonds is 1. The molecule has 5 aliphatic carbocycles. The third kappa shape index (κ3) is 2.81. The topological polar surface area (TPSA) is 80.9 Å². The van der Waals surface area contributed by atoms with E-state index in [1.165, 1.54) is 37.7 Å². The number of aliphatic hydroxyl groups is 4. The van der Waals surface area contributed by atoms with Crippen LogP contribution < -0.4 is 0 Å². The van der Waals surface area contributed by atoms with Gasteiger partial charge in [-0.3, -0.25) is 0 Å². The summed E-state index contributed by atoms with van der Waals surface area (Å²) in [4.78, 5) is 0. The summed E-state index contributed by atoms with van der Waals surface area (Å²) in [5.41, 5.74) is 0.369. The minimum absolute atomic E-state index is 0.0729. The van der Waals surface area contributed by atoms with Gasteiger partial charge in [0, 0.05) is 0 Å². The van der Waals surface area contributed by atoms with E-state index in [2.05, 4.69) is 40.7 Å². The van der Waals surface area contributed by atoms with Gasteiger partial charge in [0.05, 0.1) is 30.3 Å². The van der Waals surface area contributed by atoms with Crippen LogP contribution in [0.1, 0.15) is 99.8 Å². The molecule has 0 aromatic heterocycles. The van der Waals surface area contributed by atoms with Crippen LogP contribution in [0.15, 0.2) is 11.6 Å². The standard InChI is InChI=1S/C30H50O4/c1-25(2)12-8-13-27(5)20(25)11-14-28(6)21(27)10-9-18-19-15-26(3,4)23(33)24(34)30(19,17-31)22(32)16-29(18,28)7/h9,19-24,31-34H,8,10-17H2,1-7H3/t19-,20?,21-,22?,23?,24?,27+,28-,29-,30+/m1/s1. The van der Waals surface area contributed by atoms with E-state index >= 15 is 0 Å². The first kappa shape index (κ1) is 25.2. The van der Waals surface area contributed by atoms with E-state index in [4.69, 9.17) is 0 Å². The van der Waals surface area contributed by atoms with Crippen molar-refractivity contribution in [3.8, 4) is 0 Å². The van der Waals surface area contributed by atoms with Gasteiger partial charge < -0.3 is 20.4 Å². The highest BCUT2D eigenvalue weighted by Gasteiger charge is 2.71. The van der Waals surface area contributed by atoms with Gasteiger partial charge in [0.2, 0.25) is 0 Å². The molecular formula is C30H50O4. The van der Waals surface area contributed by atoms with Gasteiger partial charge in [0.1, 0.15) is 0 Å². The van der Waals surface area contributed by atoms with Crippen LogP contribution >= 0.6 is 0 Å². The lowest BCUT2D eigenvalue weighted by Gasteiger charge is -2.72. The number of aliphatic hydroxyl groups excluding tert-OH is 4. The van der Waals surface area contributed by atoms with Crippen molar-refractivity contribution in [1.29, 1.82) is 0 Å².